The summed E-state index contributed by atoms with van der Waals surface area (Å²) >= 11 is 3.57. The van der Waals surface area contributed by atoms with E-state index >= 15 is 0 Å². The summed E-state index contributed by atoms with van der Waals surface area (Å²) in [5.74, 6) is 0. The lowest BCUT2D eigenvalue weighted by molar-refractivity contribution is 0.615. The van der Waals surface area contributed by atoms with Gasteiger partial charge >= 0.3 is 0 Å². The van der Waals surface area contributed by atoms with Crippen LogP contribution in [0, 0.1) is 0 Å². The molecule has 0 bridgehead atoms. The topological polar surface area (TPSA) is 28.7 Å². The molecule has 0 N–H and O–H groups in total. The van der Waals surface area contributed by atoms with E-state index in [1.54, 1.807) is 29.8 Å². The molecule has 0 amide bonds. The highest BCUT2D eigenvalue weighted by molar-refractivity contribution is 8.30. The molecule has 0 saturated carbocycles. The van der Waals surface area contributed by atoms with Crippen molar-refractivity contribution in [3.63, 3.8) is 0 Å². The number of hydrogen-bond acceptors (Lipinski definition) is 5. The average molecular weight is 288 g/mol. The second-order valence-corrected chi connectivity index (χ2v) is 6.48. The number of aliphatic imine (C=N–C) groups is 1. The standard InChI is InChI=1S/C14H12N2OS2/c1-18-13-12(16-6-5-15-14(16)19-13)10-3-2-9-4-7-17-11(9)8-10/h2-4,7-8H,5-6H2,1H3. The van der Waals surface area contributed by atoms with E-state index in [9.17, 15) is 0 Å². The van der Waals surface area contributed by atoms with E-state index in [2.05, 4.69) is 34.3 Å². The van der Waals surface area contributed by atoms with Gasteiger partial charge in [-0.25, -0.2) is 0 Å². The number of rotatable bonds is 2. The summed E-state index contributed by atoms with van der Waals surface area (Å²) in [5.41, 5.74) is 3.44. The molecular weight excluding hydrogens is 276 g/mol. The van der Waals surface area contributed by atoms with Crippen LogP contribution in [0.15, 0.2) is 44.2 Å². The van der Waals surface area contributed by atoms with Gasteiger partial charge < -0.3 is 9.32 Å². The first-order valence-corrected chi connectivity index (χ1v) is 8.17. The third-order valence-corrected chi connectivity index (χ3v) is 5.59. The molecule has 3 nitrogen and oxygen atoms in total. The number of hydrogen-bond donors (Lipinski definition) is 0. The Hall–Kier alpha value is -1.33. The molecule has 3 heterocycles. The molecule has 1 aromatic carbocycles. The fraction of sp³-hybridized carbons (Fsp3) is 0.214. The Labute approximate surface area is 119 Å². The number of thioether (sulfide) groups is 2. The lowest BCUT2D eigenvalue weighted by atomic mass is 10.1. The Kier molecular flexibility index (Phi) is 2.63. The highest BCUT2D eigenvalue weighted by atomic mass is 32.2. The van der Waals surface area contributed by atoms with Crippen LogP contribution in [0.2, 0.25) is 0 Å². The maximum Gasteiger partial charge on any atom is 0.169 e. The minimum Gasteiger partial charge on any atom is -0.464 e. The highest BCUT2D eigenvalue weighted by Gasteiger charge is 2.32. The molecule has 1 aromatic heterocycles. The number of fused-ring (bicyclic) bond motifs is 2. The van der Waals surface area contributed by atoms with E-state index in [4.69, 9.17) is 4.42 Å². The van der Waals surface area contributed by atoms with Crippen molar-refractivity contribution < 1.29 is 4.42 Å². The maximum atomic E-state index is 5.51. The van der Waals surface area contributed by atoms with Crippen LogP contribution < -0.4 is 0 Å². The van der Waals surface area contributed by atoms with Crippen molar-refractivity contribution in [2.75, 3.05) is 19.3 Å². The summed E-state index contributed by atoms with van der Waals surface area (Å²) < 4.78 is 6.84. The van der Waals surface area contributed by atoms with Gasteiger partial charge in [-0.3, -0.25) is 4.99 Å². The second-order valence-electron chi connectivity index (χ2n) is 4.43. The van der Waals surface area contributed by atoms with Gasteiger partial charge in [-0.2, -0.15) is 0 Å². The Bertz CT molecular complexity index is 717. The van der Waals surface area contributed by atoms with E-state index in [0.717, 1.165) is 29.2 Å². The molecule has 0 unspecified atom stereocenters. The lowest BCUT2D eigenvalue weighted by Gasteiger charge is -2.16. The first kappa shape index (κ1) is 11.5. The van der Waals surface area contributed by atoms with Gasteiger partial charge in [0.25, 0.3) is 0 Å². The van der Waals surface area contributed by atoms with Crippen LogP contribution in [0.1, 0.15) is 5.56 Å². The van der Waals surface area contributed by atoms with Crippen molar-refractivity contribution in [2.24, 2.45) is 4.99 Å². The van der Waals surface area contributed by atoms with E-state index in [-0.39, 0.29) is 0 Å². The van der Waals surface area contributed by atoms with Gasteiger partial charge in [0.15, 0.2) is 5.17 Å². The lowest BCUT2D eigenvalue weighted by Crippen LogP contribution is -2.19. The van der Waals surface area contributed by atoms with Crippen LogP contribution >= 0.6 is 23.5 Å². The molecule has 5 heteroatoms. The zero-order valence-electron chi connectivity index (χ0n) is 10.4. The fourth-order valence-corrected chi connectivity index (χ4v) is 4.39. The van der Waals surface area contributed by atoms with Gasteiger partial charge in [0.2, 0.25) is 0 Å². The van der Waals surface area contributed by atoms with E-state index < -0.39 is 0 Å². The Morgan fingerprint density at radius 2 is 2.32 bits per heavy atom. The number of furan rings is 1. The van der Waals surface area contributed by atoms with Crippen molar-refractivity contribution >= 4 is 45.4 Å². The van der Waals surface area contributed by atoms with Crippen LogP contribution in [0.4, 0.5) is 0 Å². The van der Waals surface area contributed by atoms with Crippen LogP contribution in [0.25, 0.3) is 16.7 Å². The monoisotopic (exact) mass is 288 g/mol. The Morgan fingerprint density at radius 1 is 1.37 bits per heavy atom. The minimum absolute atomic E-state index is 0.899. The van der Waals surface area contributed by atoms with Crippen molar-refractivity contribution in [1.29, 1.82) is 0 Å². The molecule has 0 fully saturated rings. The maximum absolute atomic E-state index is 5.51. The van der Waals surface area contributed by atoms with Gasteiger partial charge in [0.05, 0.1) is 22.7 Å². The SMILES string of the molecule is CSC1=C(c2ccc3ccoc3c2)N2CCN=C2S1. The molecular formula is C14H12N2OS2. The van der Waals surface area contributed by atoms with Crippen molar-refractivity contribution in [3.8, 4) is 0 Å². The number of amidine groups is 1. The highest BCUT2D eigenvalue weighted by Crippen LogP contribution is 2.46. The van der Waals surface area contributed by atoms with Gasteiger partial charge in [-0.1, -0.05) is 12.1 Å². The van der Waals surface area contributed by atoms with E-state index in [0.29, 0.717) is 0 Å². The molecule has 0 aliphatic carbocycles. The first-order valence-electron chi connectivity index (χ1n) is 6.12. The zero-order valence-corrected chi connectivity index (χ0v) is 12.1. The normalized spacial score (nSPS) is 18.4. The summed E-state index contributed by atoms with van der Waals surface area (Å²) in [4.78, 5) is 6.87. The van der Waals surface area contributed by atoms with Crippen molar-refractivity contribution in [1.82, 2.24) is 4.90 Å². The Morgan fingerprint density at radius 3 is 3.21 bits per heavy atom. The second kappa shape index (κ2) is 4.35. The molecule has 0 saturated heterocycles. The third kappa shape index (κ3) is 1.72. The molecule has 0 radical (unpaired) electrons. The number of nitrogens with zero attached hydrogens (tertiary/aromatic N) is 2. The minimum atomic E-state index is 0.899. The van der Waals surface area contributed by atoms with Gasteiger partial charge in [0, 0.05) is 17.5 Å². The van der Waals surface area contributed by atoms with Gasteiger partial charge in [-0.15, -0.1) is 11.8 Å². The summed E-state index contributed by atoms with van der Waals surface area (Å²) in [7, 11) is 0. The van der Waals surface area contributed by atoms with Gasteiger partial charge in [0.1, 0.15) is 5.58 Å². The largest absolute Gasteiger partial charge is 0.464 e. The summed E-state index contributed by atoms with van der Waals surface area (Å²) in [6.07, 6.45) is 3.86. The molecule has 96 valence electrons. The average Bonchev–Trinajstić information content (AvgIpc) is 3.11. The molecule has 19 heavy (non-hydrogen) atoms. The predicted octanol–water partition coefficient (Wildman–Crippen LogP) is 3.84. The van der Waals surface area contributed by atoms with Crippen molar-refractivity contribution in [2.45, 2.75) is 0 Å². The van der Waals surface area contributed by atoms with Crippen LogP contribution in [0.3, 0.4) is 0 Å². The third-order valence-electron chi connectivity index (χ3n) is 3.36. The molecule has 0 atom stereocenters. The fourth-order valence-electron chi connectivity index (χ4n) is 2.48. The number of benzene rings is 1. The predicted molar refractivity (Wildman–Crippen MR) is 83.2 cm³/mol. The molecule has 2 aromatic rings. The summed E-state index contributed by atoms with van der Waals surface area (Å²) in [6, 6.07) is 8.41. The van der Waals surface area contributed by atoms with E-state index in [1.165, 1.54) is 15.5 Å². The van der Waals surface area contributed by atoms with Crippen LogP contribution in [-0.4, -0.2) is 29.4 Å². The molecule has 0 spiro atoms. The smallest absolute Gasteiger partial charge is 0.169 e. The first-order chi connectivity index (χ1) is 9.36. The van der Waals surface area contributed by atoms with Crippen molar-refractivity contribution in [3.05, 3.63) is 40.3 Å². The summed E-state index contributed by atoms with van der Waals surface area (Å²) in [5, 5.41) is 2.29. The molecule has 4 rings (SSSR count). The van der Waals surface area contributed by atoms with Gasteiger partial charge in [-0.05, 0) is 30.2 Å². The Balaban J connectivity index is 1.86. The molecule has 2 aliphatic rings. The van der Waals surface area contributed by atoms with Crippen LogP contribution in [0.5, 0.6) is 0 Å². The summed E-state index contributed by atoms with van der Waals surface area (Å²) in [6.45, 7) is 1.88. The quantitative estimate of drug-likeness (QED) is 0.839. The van der Waals surface area contributed by atoms with E-state index in [1.807, 2.05) is 6.07 Å². The van der Waals surface area contributed by atoms with Crippen LogP contribution in [-0.2, 0) is 0 Å². The zero-order chi connectivity index (χ0) is 12.8. The molecule has 2 aliphatic heterocycles.